The quantitative estimate of drug-likeness (QED) is 0.552. The van der Waals surface area contributed by atoms with Gasteiger partial charge in [-0.05, 0) is 104 Å². The van der Waals surface area contributed by atoms with E-state index in [0.717, 1.165) is 51.4 Å². The van der Waals surface area contributed by atoms with Crippen molar-refractivity contribution >= 4 is 0 Å². The third-order valence-electron chi connectivity index (χ3n) is 11.0. The molecule has 0 bridgehead atoms. The molecule has 0 spiro atoms. The summed E-state index contributed by atoms with van der Waals surface area (Å²) in [6.07, 6.45) is 6.16. The van der Waals surface area contributed by atoms with Gasteiger partial charge in [-0.3, -0.25) is 0 Å². The largest absolute Gasteiger partial charge is 0.393 e. The first-order chi connectivity index (χ1) is 14.1. The maximum absolute atomic E-state index is 11.7. The molecule has 0 heterocycles. The van der Waals surface area contributed by atoms with Crippen LogP contribution in [0.25, 0.3) is 0 Å². The molecule has 4 N–H and O–H groups in total. The zero-order chi connectivity index (χ0) is 22.0. The molecule has 13 atom stereocenters. The molecular formula is C26H46O4. The Morgan fingerprint density at radius 2 is 1.63 bits per heavy atom. The molecule has 4 heteroatoms. The predicted molar refractivity (Wildman–Crippen MR) is 119 cm³/mol. The van der Waals surface area contributed by atoms with Crippen molar-refractivity contribution in [3.05, 3.63) is 0 Å². The molecule has 30 heavy (non-hydrogen) atoms. The standard InChI is InChI=1S/C26H46O4/c1-6-17-20-12-16(28)9-10-25(20,4)21-13-22(29)26(5)18(14(2)11-15(3)27)7-8-19(26)23(21)24(17)30/h14-24,27-30H,6-13H2,1-5H3/t14-,15-,16-,17-,18-,19+,20+,21+,22+,23+,24-,25+,26-/m1/s1. The first-order valence-corrected chi connectivity index (χ1v) is 12.8. The van der Waals surface area contributed by atoms with Gasteiger partial charge in [0.1, 0.15) is 0 Å². The topological polar surface area (TPSA) is 80.9 Å². The van der Waals surface area contributed by atoms with E-state index in [1.54, 1.807) is 0 Å². The van der Waals surface area contributed by atoms with Crippen LogP contribution in [-0.2, 0) is 0 Å². The van der Waals surface area contributed by atoms with Crippen molar-refractivity contribution in [2.75, 3.05) is 0 Å². The summed E-state index contributed by atoms with van der Waals surface area (Å²) < 4.78 is 0. The van der Waals surface area contributed by atoms with E-state index >= 15 is 0 Å². The fraction of sp³-hybridized carbons (Fsp3) is 1.00. The highest BCUT2D eigenvalue weighted by molar-refractivity contribution is 5.15. The Balaban J connectivity index is 1.70. The van der Waals surface area contributed by atoms with Crippen LogP contribution in [0.1, 0.15) is 86.0 Å². The smallest absolute Gasteiger partial charge is 0.0605 e. The molecule has 4 fully saturated rings. The second-order valence-electron chi connectivity index (χ2n) is 12.3. The lowest BCUT2D eigenvalue weighted by molar-refractivity contribution is -0.228. The number of rotatable bonds is 4. The van der Waals surface area contributed by atoms with Crippen LogP contribution in [0.2, 0.25) is 0 Å². The monoisotopic (exact) mass is 422 g/mol. The van der Waals surface area contributed by atoms with Gasteiger partial charge in [0.2, 0.25) is 0 Å². The SMILES string of the molecule is CC[C@H]1[C@@H](O)[C@@H]2[C@H](C[C@H](O)[C@]3(C)[C@@H]([C@H](C)C[C@@H](C)O)CC[C@@H]23)[C@@]2(C)CC[C@@H](O)C[C@@H]12. The summed E-state index contributed by atoms with van der Waals surface area (Å²) in [4.78, 5) is 0. The van der Waals surface area contributed by atoms with Crippen molar-refractivity contribution < 1.29 is 20.4 Å². The molecule has 4 nitrogen and oxygen atoms in total. The van der Waals surface area contributed by atoms with Gasteiger partial charge < -0.3 is 20.4 Å². The molecule has 0 aromatic carbocycles. The molecule has 0 amide bonds. The first kappa shape index (κ1) is 23.0. The van der Waals surface area contributed by atoms with Gasteiger partial charge in [0.25, 0.3) is 0 Å². The summed E-state index contributed by atoms with van der Waals surface area (Å²) in [5.74, 6) is 2.32. The summed E-state index contributed by atoms with van der Waals surface area (Å²) in [7, 11) is 0. The number of fused-ring (bicyclic) bond motifs is 5. The second-order valence-corrected chi connectivity index (χ2v) is 12.3. The van der Waals surface area contributed by atoms with Gasteiger partial charge in [0.15, 0.2) is 0 Å². The number of hydrogen-bond donors (Lipinski definition) is 4. The van der Waals surface area contributed by atoms with E-state index < -0.39 is 0 Å². The van der Waals surface area contributed by atoms with Crippen LogP contribution in [0.4, 0.5) is 0 Å². The van der Waals surface area contributed by atoms with E-state index in [-0.39, 0.29) is 47.1 Å². The van der Waals surface area contributed by atoms with Gasteiger partial charge in [0.05, 0.1) is 24.4 Å². The number of aliphatic hydroxyl groups is 4. The van der Waals surface area contributed by atoms with Crippen LogP contribution in [0, 0.1) is 52.3 Å². The number of aliphatic hydroxyl groups excluding tert-OH is 4. The number of hydrogen-bond acceptors (Lipinski definition) is 4. The third-order valence-corrected chi connectivity index (χ3v) is 11.0. The minimum atomic E-state index is -0.345. The van der Waals surface area contributed by atoms with Crippen molar-refractivity contribution in [3.63, 3.8) is 0 Å². The van der Waals surface area contributed by atoms with Crippen LogP contribution in [0.15, 0.2) is 0 Å². The zero-order valence-corrected chi connectivity index (χ0v) is 19.8. The summed E-state index contributed by atoms with van der Waals surface area (Å²) in [6, 6.07) is 0. The Hall–Kier alpha value is -0.160. The van der Waals surface area contributed by atoms with Crippen LogP contribution in [-0.4, -0.2) is 44.8 Å². The van der Waals surface area contributed by atoms with Crippen LogP contribution in [0.5, 0.6) is 0 Å². The molecule has 0 radical (unpaired) electrons. The highest BCUT2D eigenvalue weighted by Gasteiger charge is 2.67. The molecule has 0 aromatic rings. The van der Waals surface area contributed by atoms with E-state index in [9.17, 15) is 20.4 Å². The van der Waals surface area contributed by atoms with Gasteiger partial charge in [0, 0.05) is 0 Å². The van der Waals surface area contributed by atoms with Crippen LogP contribution in [0.3, 0.4) is 0 Å². The third kappa shape index (κ3) is 3.23. The zero-order valence-electron chi connectivity index (χ0n) is 19.8. The Kier molecular flexibility index (Phi) is 6.14. The highest BCUT2D eigenvalue weighted by atomic mass is 16.3. The molecule has 0 unspecified atom stereocenters. The highest BCUT2D eigenvalue weighted by Crippen LogP contribution is 2.69. The Morgan fingerprint density at radius 3 is 2.27 bits per heavy atom. The molecule has 0 aromatic heterocycles. The van der Waals surface area contributed by atoms with E-state index in [4.69, 9.17) is 0 Å². The average molecular weight is 423 g/mol. The Labute approximate surface area is 183 Å². The summed E-state index contributed by atoms with van der Waals surface area (Å²) in [6.45, 7) is 11.0. The fourth-order valence-corrected chi connectivity index (χ4v) is 9.59. The Morgan fingerprint density at radius 1 is 0.933 bits per heavy atom. The van der Waals surface area contributed by atoms with Gasteiger partial charge in [-0.15, -0.1) is 0 Å². The second kappa shape index (κ2) is 8.01. The van der Waals surface area contributed by atoms with Crippen LogP contribution < -0.4 is 0 Å². The molecule has 4 aliphatic carbocycles. The summed E-state index contributed by atoms with van der Waals surface area (Å²) >= 11 is 0. The van der Waals surface area contributed by atoms with Crippen molar-refractivity contribution in [2.24, 2.45) is 52.3 Å². The van der Waals surface area contributed by atoms with Crippen molar-refractivity contribution in [1.29, 1.82) is 0 Å². The summed E-state index contributed by atoms with van der Waals surface area (Å²) in [5.41, 5.74) is -0.0679. The molecule has 174 valence electrons. The van der Waals surface area contributed by atoms with E-state index in [1.165, 1.54) is 0 Å². The lowest BCUT2D eigenvalue weighted by Crippen LogP contribution is -2.65. The summed E-state index contributed by atoms with van der Waals surface area (Å²) in [5, 5.41) is 43.7. The van der Waals surface area contributed by atoms with Crippen LogP contribution >= 0.6 is 0 Å². The van der Waals surface area contributed by atoms with Crippen molar-refractivity contribution in [2.45, 2.75) is 110 Å². The van der Waals surface area contributed by atoms with E-state index in [2.05, 4.69) is 27.7 Å². The van der Waals surface area contributed by atoms with E-state index in [0.29, 0.717) is 29.6 Å². The van der Waals surface area contributed by atoms with Gasteiger partial charge >= 0.3 is 0 Å². The van der Waals surface area contributed by atoms with Crippen molar-refractivity contribution in [1.82, 2.24) is 0 Å². The normalized spacial score (nSPS) is 55.3. The van der Waals surface area contributed by atoms with Gasteiger partial charge in [-0.1, -0.05) is 34.1 Å². The van der Waals surface area contributed by atoms with Crippen molar-refractivity contribution in [3.8, 4) is 0 Å². The minimum absolute atomic E-state index is 0.107. The van der Waals surface area contributed by atoms with Gasteiger partial charge in [-0.2, -0.15) is 0 Å². The molecule has 4 saturated carbocycles. The molecule has 4 rings (SSSR count). The van der Waals surface area contributed by atoms with E-state index in [1.807, 2.05) is 6.92 Å². The molecule has 4 aliphatic rings. The molecular weight excluding hydrogens is 376 g/mol. The lowest BCUT2D eigenvalue weighted by atomic mass is 9.41. The lowest BCUT2D eigenvalue weighted by Gasteiger charge is -2.65. The minimum Gasteiger partial charge on any atom is -0.393 e. The first-order valence-electron chi connectivity index (χ1n) is 12.8. The maximum Gasteiger partial charge on any atom is 0.0605 e. The Bertz CT molecular complexity index is 622. The maximum atomic E-state index is 11.7. The van der Waals surface area contributed by atoms with Gasteiger partial charge in [-0.25, -0.2) is 0 Å². The molecule has 0 aliphatic heterocycles. The fourth-order valence-electron chi connectivity index (χ4n) is 9.59. The molecule has 0 saturated heterocycles. The average Bonchev–Trinajstić information content (AvgIpc) is 3.02. The predicted octanol–water partition coefficient (Wildman–Crippen LogP) is 3.99.